The number of nitrogens with one attached hydrogen (secondary N) is 1. The van der Waals surface area contributed by atoms with Gasteiger partial charge in [0.25, 0.3) is 0 Å². The van der Waals surface area contributed by atoms with Gasteiger partial charge in [-0.2, -0.15) is 0 Å². The predicted octanol–water partition coefficient (Wildman–Crippen LogP) is 3.07. The van der Waals surface area contributed by atoms with Gasteiger partial charge < -0.3 is 0 Å². The van der Waals surface area contributed by atoms with E-state index in [1.165, 1.54) is 23.3 Å². The lowest BCUT2D eigenvalue weighted by molar-refractivity contribution is 0.420. The van der Waals surface area contributed by atoms with Crippen molar-refractivity contribution in [2.24, 2.45) is 5.84 Å². The molecule has 110 valence electrons. The van der Waals surface area contributed by atoms with E-state index in [-0.39, 0.29) is 6.04 Å². The topological polar surface area (TPSA) is 38.0 Å². The zero-order chi connectivity index (χ0) is 14.8. The first kappa shape index (κ1) is 14.2. The second-order valence-corrected chi connectivity index (χ2v) is 5.68. The minimum Gasteiger partial charge on any atom is -0.271 e. The molecule has 2 aromatic carbocycles. The van der Waals surface area contributed by atoms with E-state index in [9.17, 15) is 8.78 Å². The van der Waals surface area contributed by atoms with Gasteiger partial charge in [0.1, 0.15) is 11.6 Å². The van der Waals surface area contributed by atoms with Gasteiger partial charge in [0.2, 0.25) is 0 Å². The third-order valence-corrected chi connectivity index (χ3v) is 4.17. The van der Waals surface area contributed by atoms with Gasteiger partial charge in [-0.15, -0.1) is 0 Å². The smallest absolute Gasteiger partial charge is 0.126 e. The third-order valence-electron chi connectivity index (χ3n) is 4.17. The van der Waals surface area contributed by atoms with Crippen LogP contribution in [-0.2, 0) is 12.8 Å². The Bertz CT molecular complexity index is 622. The number of rotatable bonds is 5. The van der Waals surface area contributed by atoms with E-state index in [0.29, 0.717) is 17.9 Å². The van der Waals surface area contributed by atoms with Crippen LogP contribution in [0.4, 0.5) is 8.78 Å². The summed E-state index contributed by atoms with van der Waals surface area (Å²) in [6.07, 6.45) is 2.43. The molecule has 0 amide bonds. The first-order chi connectivity index (χ1) is 10.2. The van der Waals surface area contributed by atoms with Crippen LogP contribution in [0.5, 0.6) is 0 Å². The molecular weight excluding hydrogens is 270 g/mol. The van der Waals surface area contributed by atoms with Crippen molar-refractivity contribution >= 4 is 0 Å². The van der Waals surface area contributed by atoms with Crippen molar-refractivity contribution in [2.45, 2.75) is 31.2 Å². The second kappa shape index (κ2) is 5.92. The molecule has 0 fully saturated rings. The summed E-state index contributed by atoms with van der Waals surface area (Å²) < 4.78 is 26.5. The molecule has 0 aliphatic heterocycles. The molecule has 21 heavy (non-hydrogen) atoms. The van der Waals surface area contributed by atoms with E-state index < -0.39 is 11.6 Å². The Morgan fingerprint density at radius 2 is 1.86 bits per heavy atom. The van der Waals surface area contributed by atoms with Gasteiger partial charge in [-0.1, -0.05) is 24.3 Å². The fraction of sp³-hybridized carbons (Fsp3) is 0.294. The Kier molecular flexibility index (Phi) is 3.99. The van der Waals surface area contributed by atoms with E-state index in [1.54, 1.807) is 0 Å². The highest BCUT2D eigenvalue weighted by molar-refractivity contribution is 5.40. The Hall–Kier alpha value is -1.78. The molecule has 0 bridgehead atoms. The standard InChI is InChI=1S/C17H18F2N2/c18-14-5-11(6-15(19)10-14)7-16(21-20)9-13-8-12-3-1-2-4-17(12)13/h1-6,10,13,16,21H,7-9,20H2. The van der Waals surface area contributed by atoms with Crippen molar-refractivity contribution in [2.75, 3.05) is 0 Å². The second-order valence-electron chi connectivity index (χ2n) is 5.68. The van der Waals surface area contributed by atoms with Crippen LogP contribution in [0.15, 0.2) is 42.5 Å². The van der Waals surface area contributed by atoms with Crippen LogP contribution in [0.3, 0.4) is 0 Å². The monoisotopic (exact) mass is 288 g/mol. The average molecular weight is 288 g/mol. The summed E-state index contributed by atoms with van der Waals surface area (Å²) in [4.78, 5) is 0. The van der Waals surface area contributed by atoms with E-state index in [4.69, 9.17) is 5.84 Å². The number of hydrazine groups is 1. The normalized spacial score (nSPS) is 18.0. The van der Waals surface area contributed by atoms with Crippen LogP contribution in [0.1, 0.15) is 29.0 Å². The van der Waals surface area contributed by atoms with Crippen molar-refractivity contribution < 1.29 is 8.78 Å². The van der Waals surface area contributed by atoms with Crippen LogP contribution in [0, 0.1) is 11.6 Å². The Morgan fingerprint density at radius 1 is 1.14 bits per heavy atom. The first-order valence-electron chi connectivity index (χ1n) is 7.14. The van der Waals surface area contributed by atoms with Crippen molar-refractivity contribution in [3.05, 3.63) is 70.8 Å². The highest BCUT2D eigenvalue weighted by atomic mass is 19.1. The summed E-state index contributed by atoms with van der Waals surface area (Å²) in [6.45, 7) is 0. The number of hydrogen-bond donors (Lipinski definition) is 2. The van der Waals surface area contributed by atoms with Crippen molar-refractivity contribution in [3.8, 4) is 0 Å². The van der Waals surface area contributed by atoms with Gasteiger partial charge in [-0.05, 0) is 54.0 Å². The Morgan fingerprint density at radius 3 is 2.52 bits per heavy atom. The summed E-state index contributed by atoms with van der Waals surface area (Å²) in [5, 5.41) is 0. The summed E-state index contributed by atoms with van der Waals surface area (Å²) >= 11 is 0. The fourth-order valence-electron chi connectivity index (χ4n) is 3.14. The molecular formula is C17H18F2N2. The molecule has 0 aromatic heterocycles. The Balaban J connectivity index is 1.67. The van der Waals surface area contributed by atoms with Crippen molar-refractivity contribution in [1.82, 2.24) is 5.43 Å². The highest BCUT2D eigenvalue weighted by Gasteiger charge is 2.27. The summed E-state index contributed by atoms with van der Waals surface area (Å²) in [5.41, 5.74) is 6.15. The molecule has 0 heterocycles. The number of benzene rings is 2. The molecule has 4 heteroatoms. The summed E-state index contributed by atoms with van der Waals surface area (Å²) in [5.74, 6) is 4.99. The molecule has 2 atom stereocenters. The SMILES string of the molecule is NNC(Cc1cc(F)cc(F)c1)CC1Cc2ccccc21. The molecule has 0 saturated carbocycles. The van der Waals surface area contributed by atoms with Gasteiger partial charge in [0.05, 0.1) is 0 Å². The maximum absolute atomic E-state index is 13.2. The number of nitrogens with two attached hydrogens (primary N) is 1. The molecule has 2 aromatic rings. The average Bonchev–Trinajstić information content (AvgIpc) is 2.42. The lowest BCUT2D eigenvalue weighted by atomic mass is 9.74. The first-order valence-corrected chi connectivity index (χ1v) is 7.14. The van der Waals surface area contributed by atoms with Crippen LogP contribution < -0.4 is 11.3 Å². The van der Waals surface area contributed by atoms with Crippen LogP contribution in [0.25, 0.3) is 0 Å². The summed E-state index contributed by atoms with van der Waals surface area (Å²) in [6, 6.07) is 12.0. The van der Waals surface area contributed by atoms with E-state index in [1.807, 2.05) is 12.1 Å². The van der Waals surface area contributed by atoms with Gasteiger partial charge >= 0.3 is 0 Å². The zero-order valence-corrected chi connectivity index (χ0v) is 11.7. The molecule has 1 aliphatic rings. The van der Waals surface area contributed by atoms with E-state index in [0.717, 1.165) is 18.9 Å². The molecule has 3 N–H and O–H groups in total. The van der Waals surface area contributed by atoms with E-state index >= 15 is 0 Å². The fourth-order valence-corrected chi connectivity index (χ4v) is 3.14. The van der Waals surface area contributed by atoms with Gasteiger partial charge in [-0.25, -0.2) is 8.78 Å². The predicted molar refractivity (Wildman–Crippen MR) is 78.7 cm³/mol. The maximum Gasteiger partial charge on any atom is 0.126 e. The lowest BCUT2D eigenvalue weighted by Gasteiger charge is -2.33. The van der Waals surface area contributed by atoms with Gasteiger partial charge in [0, 0.05) is 12.1 Å². The number of fused-ring (bicyclic) bond motifs is 1. The number of hydrogen-bond acceptors (Lipinski definition) is 2. The van der Waals surface area contributed by atoms with Crippen LogP contribution in [-0.4, -0.2) is 6.04 Å². The molecule has 0 spiro atoms. The molecule has 0 saturated heterocycles. The molecule has 2 nitrogen and oxygen atoms in total. The largest absolute Gasteiger partial charge is 0.271 e. The third kappa shape index (κ3) is 3.12. The van der Waals surface area contributed by atoms with Crippen molar-refractivity contribution in [3.63, 3.8) is 0 Å². The Labute approximate surface area is 122 Å². The molecule has 0 radical (unpaired) electrons. The minimum absolute atomic E-state index is 0.00422. The zero-order valence-electron chi connectivity index (χ0n) is 11.7. The molecule has 1 aliphatic carbocycles. The maximum atomic E-state index is 13.2. The molecule has 2 unspecified atom stereocenters. The number of halogens is 2. The van der Waals surface area contributed by atoms with Crippen LogP contribution in [0.2, 0.25) is 0 Å². The molecule has 3 rings (SSSR count). The van der Waals surface area contributed by atoms with Crippen molar-refractivity contribution in [1.29, 1.82) is 0 Å². The quantitative estimate of drug-likeness (QED) is 0.655. The lowest BCUT2D eigenvalue weighted by Crippen LogP contribution is -2.39. The van der Waals surface area contributed by atoms with Gasteiger partial charge in [-0.3, -0.25) is 11.3 Å². The van der Waals surface area contributed by atoms with Crippen LogP contribution >= 0.6 is 0 Å². The minimum atomic E-state index is -0.547. The summed E-state index contributed by atoms with van der Waals surface area (Å²) in [7, 11) is 0. The van der Waals surface area contributed by atoms with Gasteiger partial charge in [0.15, 0.2) is 0 Å². The highest BCUT2D eigenvalue weighted by Crippen LogP contribution is 2.38. The van der Waals surface area contributed by atoms with E-state index in [2.05, 4.69) is 17.6 Å².